The van der Waals surface area contributed by atoms with Crippen molar-refractivity contribution in [3.63, 3.8) is 0 Å². The fourth-order valence-corrected chi connectivity index (χ4v) is 3.42. The number of rotatable bonds is 5. The van der Waals surface area contributed by atoms with Crippen LogP contribution in [0.2, 0.25) is 10.0 Å². The van der Waals surface area contributed by atoms with Gasteiger partial charge in [0.15, 0.2) is 0 Å². The maximum Gasteiger partial charge on any atom is 0.0475 e. The van der Waals surface area contributed by atoms with Crippen molar-refractivity contribution in [2.75, 3.05) is 0 Å². The fraction of sp³-hybridized carbons (Fsp3) is 0.600. The van der Waals surface area contributed by atoms with Gasteiger partial charge in [-0.1, -0.05) is 55.3 Å². The van der Waals surface area contributed by atoms with E-state index in [2.05, 4.69) is 5.43 Å². The molecule has 0 amide bonds. The molecule has 3 N–H and O–H groups in total. The first-order chi connectivity index (χ1) is 9.20. The lowest BCUT2D eigenvalue weighted by atomic mass is 9.84. The topological polar surface area (TPSA) is 38.0 Å². The van der Waals surface area contributed by atoms with E-state index in [4.69, 9.17) is 29.0 Å². The van der Waals surface area contributed by atoms with Crippen LogP contribution in [-0.2, 0) is 0 Å². The Kier molecular flexibility index (Phi) is 5.96. The average molecular weight is 301 g/mol. The summed E-state index contributed by atoms with van der Waals surface area (Å²) in [5.74, 6) is 6.54. The van der Waals surface area contributed by atoms with Crippen LogP contribution in [-0.4, -0.2) is 0 Å². The minimum absolute atomic E-state index is 0.0909. The smallest absolute Gasteiger partial charge is 0.0475 e. The summed E-state index contributed by atoms with van der Waals surface area (Å²) in [4.78, 5) is 0. The Bertz CT molecular complexity index is 403. The van der Waals surface area contributed by atoms with Gasteiger partial charge in [-0.2, -0.15) is 0 Å². The SMILES string of the molecule is NNC(CCC1CCCCC1)c1cc(Cl)ccc1Cl. The molecule has 4 heteroatoms. The van der Waals surface area contributed by atoms with Crippen LogP contribution in [0.25, 0.3) is 0 Å². The standard InChI is InChI=1S/C15H22Cl2N2/c16-12-7-8-14(17)13(10-12)15(19-18)9-6-11-4-2-1-3-5-11/h7-8,10-11,15,19H,1-6,9,18H2. The number of benzene rings is 1. The first kappa shape index (κ1) is 15.1. The summed E-state index contributed by atoms with van der Waals surface area (Å²) in [5, 5.41) is 1.44. The molecule has 0 radical (unpaired) electrons. The number of hydrazine groups is 1. The Morgan fingerprint density at radius 2 is 1.95 bits per heavy atom. The first-order valence-electron chi connectivity index (χ1n) is 7.12. The van der Waals surface area contributed by atoms with Gasteiger partial charge in [-0.25, -0.2) is 0 Å². The third kappa shape index (κ3) is 4.35. The van der Waals surface area contributed by atoms with Gasteiger partial charge in [0.1, 0.15) is 0 Å². The highest BCUT2D eigenvalue weighted by Crippen LogP contribution is 2.33. The molecule has 0 spiro atoms. The molecule has 2 nitrogen and oxygen atoms in total. The molecule has 0 heterocycles. The Labute approximate surface area is 125 Å². The van der Waals surface area contributed by atoms with Crippen molar-refractivity contribution in [3.05, 3.63) is 33.8 Å². The average Bonchev–Trinajstić information content (AvgIpc) is 2.44. The molecule has 0 bridgehead atoms. The lowest BCUT2D eigenvalue weighted by molar-refractivity contribution is 0.315. The molecule has 0 saturated heterocycles. The van der Waals surface area contributed by atoms with Crippen LogP contribution in [0.3, 0.4) is 0 Å². The maximum absolute atomic E-state index is 6.24. The van der Waals surface area contributed by atoms with Gasteiger partial charge in [0.05, 0.1) is 0 Å². The molecule has 1 atom stereocenters. The molecule has 1 fully saturated rings. The van der Waals surface area contributed by atoms with Crippen molar-refractivity contribution in [2.24, 2.45) is 11.8 Å². The number of nitrogens with one attached hydrogen (secondary N) is 1. The summed E-state index contributed by atoms with van der Waals surface area (Å²) >= 11 is 12.3. The quantitative estimate of drug-likeness (QED) is 0.602. The van der Waals surface area contributed by atoms with Gasteiger partial charge < -0.3 is 0 Å². The molecule has 1 aliphatic carbocycles. The Hall–Kier alpha value is -0.280. The second-order valence-electron chi connectivity index (χ2n) is 5.47. The fourth-order valence-electron chi connectivity index (χ4n) is 2.99. The van der Waals surface area contributed by atoms with E-state index >= 15 is 0 Å². The molecular weight excluding hydrogens is 279 g/mol. The van der Waals surface area contributed by atoms with Crippen LogP contribution in [0.4, 0.5) is 0 Å². The summed E-state index contributed by atoms with van der Waals surface area (Å²) in [5.41, 5.74) is 3.89. The van der Waals surface area contributed by atoms with Gasteiger partial charge in [0.25, 0.3) is 0 Å². The molecule has 1 aromatic carbocycles. The highest BCUT2D eigenvalue weighted by atomic mass is 35.5. The predicted octanol–water partition coefficient (Wildman–Crippen LogP) is 4.86. The molecule has 0 aromatic heterocycles. The molecule has 0 aliphatic heterocycles. The summed E-state index contributed by atoms with van der Waals surface area (Å²) in [6.45, 7) is 0. The number of nitrogens with two attached hydrogens (primary N) is 1. The van der Waals surface area contributed by atoms with Crippen molar-refractivity contribution in [1.29, 1.82) is 0 Å². The van der Waals surface area contributed by atoms with Crippen molar-refractivity contribution >= 4 is 23.2 Å². The highest BCUT2D eigenvalue weighted by Gasteiger charge is 2.18. The minimum atomic E-state index is 0.0909. The van der Waals surface area contributed by atoms with E-state index in [0.29, 0.717) is 5.02 Å². The minimum Gasteiger partial charge on any atom is -0.271 e. The third-order valence-corrected chi connectivity index (χ3v) is 4.70. The largest absolute Gasteiger partial charge is 0.271 e. The number of halogens is 2. The van der Waals surface area contributed by atoms with Gasteiger partial charge in [0, 0.05) is 16.1 Å². The van der Waals surface area contributed by atoms with E-state index in [1.54, 1.807) is 0 Å². The van der Waals surface area contributed by atoms with E-state index in [1.165, 1.54) is 38.5 Å². The monoisotopic (exact) mass is 300 g/mol. The van der Waals surface area contributed by atoms with Crippen LogP contribution in [0, 0.1) is 5.92 Å². The zero-order valence-electron chi connectivity index (χ0n) is 11.2. The zero-order valence-corrected chi connectivity index (χ0v) is 12.7. The highest BCUT2D eigenvalue weighted by molar-refractivity contribution is 6.33. The molecule has 1 aromatic rings. The van der Waals surface area contributed by atoms with Crippen molar-refractivity contribution in [3.8, 4) is 0 Å². The summed E-state index contributed by atoms with van der Waals surface area (Å²) in [7, 11) is 0. The predicted molar refractivity (Wildman–Crippen MR) is 82.3 cm³/mol. The first-order valence-corrected chi connectivity index (χ1v) is 7.87. The Balaban J connectivity index is 1.97. The molecule has 106 valence electrons. The maximum atomic E-state index is 6.24. The van der Waals surface area contributed by atoms with Crippen LogP contribution in [0.1, 0.15) is 56.6 Å². The van der Waals surface area contributed by atoms with E-state index in [1.807, 2.05) is 18.2 Å². The van der Waals surface area contributed by atoms with E-state index in [9.17, 15) is 0 Å². The molecule has 19 heavy (non-hydrogen) atoms. The van der Waals surface area contributed by atoms with Gasteiger partial charge in [-0.3, -0.25) is 11.3 Å². The van der Waals surface area contributed by atoms with Gasteiger partial charge in [-0.15, -0.1) is 0 Å². The molecular formula is C15H22Cl2N2. The summed E-state index contributed by atoms with van der Waals surface area (Å²) < 4.78 is 0. The van der Waals surface area contributed by atoms with Crippen LogP contribution >= 0.6 is 23.2 Å². The van der Waals surface area contributed by atoms with E-state index in [-0.39, 0.29) is 6.04 Å². The van der Waals surface area contributed by atoms with Crippen molar-refractivity contribution in [1.82, 2.24) is 5.43 Å². The summed E-state index contributed by atoms with van der Waals surface area (Å²) in [6.07, 6.45) is 9.10. The second-order valence-corrected chi connectivity index (χ2v) is 6.31. The Morgan fingerprint density at radius 3 is 2.63 bits per heavy atom. The molecule has 1 unspecified atom stereocenters. The van der Waals surface area contributed by atoms with E-state index < -0.39 is 0 Å². The molecule has 1 aliphatic rings. The second kappa shape index (κ2) is 7.49. The van der Waals surface area contributed by atoms with Crippen LogP contribution in [0.15, 0.2) is 18.2 Å². The summed E-state index contributed by atoms with van der Waals surface area (Å²) in [6, 6.07) is 5.65. The number of hydrogen-bond donors (Lipinski definition) is 2. The molecule has 2 rings (SSSR count). The zero-order chi connectivity index (χ0) is 13.7. The van der Waals surface area contributed by atoms with E-state index in [0.717, 1.165) is 22.9 Å². The van der Waals surface area contributed by atoms with Crippen molar-refractivity contribution in [2.45, 2.75) is 51.0 Å². The third-order valence-electron chi connectivity index (χ3n) is 4.12. The van der Waals surface area contributed by atoms with Crippen LogP contribution < -0.4 is 11.3 Å². The lowest BCUT2D eigenvalue weighted by Crippen LogP contribution is -2.28. The van der Waals surface area contributed by atoms with Crippen molar-refractivity contribution < 1.29 is 0 Å². The molecule has 1 saturated carbocycles. The van der Waals surface area contributed by atoms with Crippen LogP contribution in [0.5, 0.6) is 0 Å². The van der Waals surface area contributed by atoms with Gasteiger partial charge in [-0.05, 0) is 42.5 Å². The van der Waals surface area contributed by atoms with Gasteiger partial charge >= 0.3 is 0 Å². The number of hydrogen-bond acceptors (Lipinski definition) is 2. The Morgan fingerprint density at radius 1 is 1.21 bits per heavy atom. The normalized spacial score (nSPS) is 18.5. The van der Waals surface area contributed by atoms with Gasteiger partial charge in [0.2, 0.25) is 0 Å². The lowest BCUT2D eigenvalue weighted by Gasteiger charge is -2.24.